The molecule has 0 spiro atoms. The van der Waals surface area contributed by atoms with E-state index in [0.29, 0.717) is 0 Å². The molecule has 0 amide bonds. The third-order valence-corrected chi connectivity index (χ3v) is 5.62. The number of thioether (sulfide) groups is 4. The van der Waals surface area contributed by atoms with Crippen LogP contribution < -0.4 is 0 Å². The molecule has 2 unspecified atom stereocenters. The molecule has 0 aromatic heterocycles. The maximum absolute atomic E-state index is 9.60. The summed E-state index contributed by atoms with van der Waals surface area (Å²) in [5.41, 5.74) is 0. The summed E-state index contributed by atoms with van der Waals surface area (Å²) in [7, 11) is 0. The lowest BCUT2D eigenvalue weighted by Gasteiger charge is -2.08. The fourth-order valence-electron chi connectivity index (χ4n) is 0.920. The summed E-state index contributed by atoms with van der Waals surface area (Å²) in [5.74, 6) is 2.92. The van der Waals surface area contributed by atoms with Crippen molar-refractivity contribution >= 4 is 47.0 Å². The summed E-state index contributed by atoms with van der Waals surface area (Å²) < 4.78 is 0. The van der Waals surface area contributed by atoms with Gasteiger partial charge in [-0.15, -0.1) is 47.0 Å². The molecule has 2 N–H and O–H groups in total. The van der Waals surface area contributed by atoms with E-state index in [1.807, 2.05) is 21.6 Å². The Balaban J connectivity index is 2.34. The zero-order valence-corrected chi connectivity index (χ0v) is 12.1. The van der Waals surface area contributed by atoms with E-state index in [-0.39, 0.29) is 12.2 Å². The summed E-state index contributed by atoms with van der Waals surface area (Å²) >= 11 is 6.45. The van der Waals surface area contributed by atoms with Gasteiger partial charge in [-0.25, -0.2) is 0 Å². The molecule has 0 radical (unpaired) electrons. The molecule has 0 aliphatic carbocycles. The van der Waals surface area contributed by atoms with E-state index in [2.05, 4.69) is 0 Å². The van der Waals surface area contributed by atoms with Crippen LogP contribution in [0.5, 0.6) is 0 Å². The van der Waals surface area contributed by atoms with Crippen LogP contribution in [-0.4, -0.2) is 45.4 Å². The van der Waals surface area contributed by atoms with Crippen molar-refractivity contribution in [3.63, 3.8) is 0 Å². The van der Waals surface area contributed by atoms with Crippen LogP contribution in [0.3, 0.4) is 0 Å². The highest BCUT2D eigenvalue weighted by atomic mass is 32.2. The van der Waals surface area contributed by atoms with Gasteiger partial charge in [-0.1, -0.05) is 0 Å². The van der Waals surface area contributed by atoms with Crippen LogP contribution in [0.2, 0.25) is 0 Å². The topological polar surface area (TPSA) is 40.5 Å². The van der Waals surface area contributed by atoms with E-state index in [0.717, 1.165) is 23.0 Å². The van der Waals surface area contributed by atoms with Gasteiger partial charge in [0.15, 0.2) is 0 Å². The number of hydrogen-bond donors (Lipinski definition) is 2. The lowest BCUT2D eigenvalue weighted by molar-refractivity contribution is 0.225. The standard InChI is InChI=1S/C10H16O2S4/c11-9-5-13-1-2-14-6-10(12)8-16-4-3-15-7-9/h1-4,9-12H,5-8H2/b2-1-,4-3+. The minimum absolute atomic E-state index is 0.257. The summed E-state index contributed by atoms with van der Waals surface area (Å²) in [5, 5.41) is 27.1. The molecule has 2 nitrogen and oxygen atoms in total. The van der Waals surface area contributed by atoms with Gasteiger partial charge < -0.3 is 10.2 Å². The first-order chi connectivity index (χ1) is 7.79. The molecule has 1 heterocycles. The maximum atomic E-state index is 9.60. The maximum Gasteiger partial charge on any atom is 0.0727 e. The van der Waals surface area contributed by atoms with E-state index in [1.54, 1.807) is 47.0 Å². The second kappa shape index (κ2) is 9.79. The van der Waals surface area contributed by atoms with E-state index in [9.17, 15) is 10.2 Å². The average molecular weight is 297 g/mol. The molecule has 0 saturated carbocycles. The third kappa shape index (κ3) is 7.97. The Morgan fingerprint density at radius 1 is 0.625 bits per heavy atom. The Hall–Kier alpha value is 0.800. The Morgan fingerprint density at radius 3 is 1.12 bits per heavy atom. The summed E-state index contributed by atoms with van der Waals surface area (Å²) in [4.78, 5) is 0. The highest BCUT2D eigenvalue weighted by Gasteiger charge is 2.04. The molecule has 6 heteroatoms. The highest BCUT2D eigenvalue weighted by Crippen LogP contribution is 2.17. The fourth-order valence-corrected chi connectivity index (χ4v) is 4.28. The van der Waals surface area contributed by atoms with Crippen LogP contribution in [0.4, 0.5) is 0 Å². The highest BCUT2D eigenvalue weighted by molar-refractivity contribution is 8.06. The van der Waals surface area contributed by atoms with Crippen molar-refractivity contribution in [1.82, 2.24) is 0 Å². The van der Waals surface area contributed by atoms with Crippen molar-refractivity contribution in [2.45, 2.75) is 12.2 Å². The molecule has 16 heavy (non-hydrogen) atoms. The lowest BCUT2D eigenvalue weighted by Crippen LogP contribution is -2.12. The molecule has 0 aromatic carbocycles. The number of hydrogen-bond acceptors (Lipinski definition) is 6. The van der Waals surface area contributed by atoms with Gasteiger partial charge in [0.25, 0.3) is 0 Å². The molecule has 2 atom stereocenters. The Morgan fingerprint density at radius 2 is 0.875 bits per heavy atom. The monoisotopic (exact) mass is 296 g/mol. The van der Waals surface area contributed by atoms with E-state index < -0.39 is 0 Å². The minimum atomic E-state index is -0.257. The van der Waals surface area contributed by atoms with Crippen molar-refractivity contribution < 1.29 is 10.2 Å². The first-order valence-electron chi connectivity index (χ1n) is 4.91. The summed E-state index contributed by atoms with van der Waals surface area (Å²) in [6, 6.07) is 0. The van der Waals surface area contributed by atoms with Crippen molar-refractivity contribution in [3.8, 4) is 0 Å². The Labute approximate surface area is 114 Å². The molecular weight excluding hydrogens is 280 g/mol. The fraction of sp³-hybridized carbons (Fsp3) is 0.600. The largest absolute Gasteiger partial charge is 0.391 e. The number of aliphatic hydroxyl groups is 2. The Kier molecular flexibility index (Phi) is 9.09. The van der Waals surface area contributed by atoms with Crippen LogP contribution in [0.15, 0.2) is 21.6 Å². The predicted octanol–water partition coefficient (Wildman–Crippen LogP) is 2.60. The van der Waals surface area contributed by atoms with E-state index >= 15 is 0 Å². The second-order valence-electron chi connectivity index (χ2n) is 3.19. The molecule has 92 valence electrons. The molecule has 1 aliphatic heterocycles. The smallest absolute Gasteiger partial charge is 0.0727 e. The normalized spacial score (nSPS) is 33.9. The van der Waals surface area contributed by atoms with Gasteiger partial charge in [0, 0.05) is 23.0 Å². The average Bonchev–Trinajstić information content (AvgIpc) is 2.27. The second-order valence-corrected chi connectivity index (χ2v) is 6.94. The molecule has 0 fully saturated rings. The van der Waals surface area contributed by atoms with Crippen molar-refractivity contribution in [2.75, 3.05) is 23.0 Å². The van der Waals surface area contributed by atoms with Crippen molar-refractivity contribution in [3.05, 3.63) is 21.6 Å². The summed E-state index contributed by atoms with van der Waals surface area (Å²) in [6.07, 6.45) is -0.513. The SMILES string of the molecule is OC1CS/C=C\SCC(O)CS/C=C/SC1. The van der Waals surface area contributed by atoms with Crippen molar-refractivity contribution in [2.24, 2.45) is 0 Å². The number of rotatable bonds is 0. The molecular formula is C10H16O2S4. The van der Waals surface area contributed by atoms with Crippen LogP contribution >= 0.6 is 47.0 Å². The Bertz CT molecular complexity index is 189. The first kappa shape index (κ1) is 14.9. The van der Waals surface area contributed by atoms with Crippen LogP contribution in [0, 0.1) is 0 Å². The van der Waals surface area contributed by atoms with Crippen LogP contribution in [-0.2, 0) is 0 Å². The van der Waals surface area contributed by atoms with Gasteiger partial charge in [-0.2, -0.15) is 0 Å². The zero-order valence-electron chi connectivity index (χ0n) is 8.82. The third-order valence-electron chi connectivity index (χ3n) is 1.65. The zero-order chi connectivity index (χ0) is 11.6. The van der Waals surface area contributed by atoms with E-state index in [4.69, 9.17) is 0 Å². The quantitative estimate of drug-likeness (QED) is 0.716. The molecule has 0 bridgehead atoms. The molecule has 0 aromatic rings. The van der Waals surface area contributed by atoms with Gasteiger partial charge in [0.1, 0.15) is 0 Å². The number of aliphatic hydroxyl groups excluding tert-OH is 2. The molecule has 0 saturated heterocycles. The lowest BCUT2D eigenvalue weighted by atomic mass is 10.5. The minimum Gasteiger partial charge on any atom is -0.391 e. The molecule has 1 aliphatic rings. The van der Waals surface area contributed by atoms with Gasteiger partial charge in [0.2, 0.25) is 0 Å². The van der Waals surface area contributed by atoms with Crippen LogP contribution in [0.25, 0.3) is 0 Å². The van der Waals surface area contributed by atoms with Crippen LogP contribution in [0.1, 0.15) is 0 Å². The first-order valence-corrected chi connectivity index (χ1v) is 9.11. The van der Waals surface area contributed by atoms with Gasteiger partial charge >= 0.3 is 0 Å². The molecule has 1 rings (SSSR count). The predicted molar refractivity (Wildman–Crippen MR) is 80.1 cm³/mol. The van der Waals surface area contributed by atoms with Gasteiger partial charge in [-0.3, -0.25) is 0 Å². The van der Waals surface area contributed by atoms with Gasteiger partial charge in [0.05, 0.1) is 12.2 Å². The summed E-state index contributed by atoms with van der Waals surface area (Å²) in [6.45, 7) is 0. The van der Waals surface area contributed by atoms with Crippen molar-refractivity contribution in [1.29, 1.82) is 0 Å². The van der Waals surface area contributed by atoms with E-state index in [1.165, 1.54) is 0 Å². The van der Waals surface area contributed by atoms with Gasteiger partial charge in [-0.05, 0) is 21.6 Å².